The Morgan fingerprint density at radius 3 is 2.51 bits per heavy atom. The van der Waals surface area contributed by atoms with Crippen molar-refractivity contribution in [1.82, 2.24) is 14.8 Å². The van der Waals surface area contributed by atoms with Crippen LogP contribution in [0.5, 0.6) is 0 Å². The Kier molecular flexibility index (Phi) is 7.37. The van der Waals surface area contributed by atoms with Crippen molar-refractivity contribution in [3.8, 4) is 0 Å². The van der Waals surface area contributed by atoms with E-state index in [1.54, 1.807) is 30.5 Å². The number of ether oxygens (including phenoxy) is 1. The van der Waals surface area contributed by atoms with E-state index in [0.29, 0.717) is 36.3 Å². The van der Waals surface area contributed by atoms with Crippen molar-refractivity contribution < 1.29 is 23.9 Å². The van der Waals surface area contributed by atoms with Crippen molar-refractivity contribution in [2.75, 3.05) is 19.4 Å². The van der Waals surface area contributed by atoms with Crippen LogP contribution in [0.1, 0.15) is 47.3 Å². The Bertz CT molecular complexity index is 1360. The molecule has 4 rings (SSSR count). The average Bonchev–Trinajstić information content (AvgIpc) is 3.39. The van der Waals surface area contributed by atoms with Gasteiger partial charge in [-0.2, -0.15) is 0 Å². The number of benzene rings is 2. The number of pyridine rings is 1. The smallest absolute Gasteiger partial charge is 0.337 e. The van der Waals surface area contributed by atoms with Crippen LogP contribution in [-0.4, -0.2) is 58.2 Å². The van der Waals surface area contributed by atoms with Gasteiger partial charge >= 0.3 is 5.97 Å². The third-order valence-corrected chi connectivity index (χ3v) is 6.67. The second-order valence-electron chi connectivity index (χ2n) is 9.01. The Morgan fingerprint density at radius 1 is 1.14 bits per heavy atom. The Morgan fingerprint density at radius 2 is 1.86 bits per heavy atom. The maximum atomic E-state index is 13.9. The Labute approximate surface area is 214 Å². The molecule has 2 heterocycles. The van der Waals surface area contributed by atoms with E-state index in [2.05, 4.69) is 4.98 Å². The van der Waals surface area contributed by atoms with Crippen molar-refractivity contribution in [2.24, 2.45) is 5.73 Å². The minimum absolute atomic E-state index is 0.123. The van der Waals surface area contributed by atoms with Crippen LogP contribution in [-0.2, 0) is 25.7 Å². The van der Waals surface area contributed by atoms with Gasteiger partial charge in [0, 0.05) is 31.6 Å². The molecule has 0 bridgehead atoms. The van der Waals surface area contributed by atoms with Gasteiger partial charge in [-0.05, 0) is 53.6 Å². The molecular weight excluding hydrogens is 474 g/mol. The van der Waals surface area contributed by atoms with Gasteiger partial charge in [-0.3, -0.25) is 14.4 Å². The van der Waals surface area contributed by atoms with Gasteiger partial charge in [0.1, 0.15) is 17.9 Å². The summed E-state index contributed by atoms with van der Waals surface area (Å²) in [6, 6.07) is 11.9. The van der Waals surface area contributed by atoms with Crippen LogP contribution in [0.2, 0.25) is 0 Å². The maximum absolute atomic E-state index is 13.9. The molecule has 4 N–H and O–H groups in total. The zero-order valence-corrected chi connectivity index (χ0v) is 20.7. The van der Waals surface area contributed by atoms with Crippen LogP contribution in [0.25, 0.3) is 10.8 Å². The van der Waals surface area contributed by atoms with Crippen molar-refractivity contribution in [3.63, 3.8) is 0 Å². The van der Waals surface area contributed by atoms with Crippen LogP contribution in [0.3, 0.4) is 0 Å². The highest BCUT2D eigenvalue weighted by Crippen LogP contribution is 2.31. The average molecular weight is 504 g/mol. The summed E-state index contributed by atoms with van der Waals surface area (Å²) in [6.07, 6.45) is 2.71. The Balaban J connectivity index is 1.75. The van der Waals surface area contributed by atoms with E-state index in [-0.39, 0.29) is 12.5 Å². The molecule has 1 fully saturated rings. The number of carbonyl (C=O) groups excluding carboxylic acids is 4. The monoisotopic (exact) mass is 503 g/mol. The van der Waals surface area contributed by atoms with E-state index in [0.717, 1.165) is 16.3 Å². The molecule has 1 saturated heterocycles. The summed E-state index contributed by atoms with van der Waals surface area (Å²) in [5, 5.41) is 1.64. The molecule has 3 aromatic rings. The van der Waals surface area contributed by atoms with Crippen LogP contribution in [0, 0.1) is 0 Å². The highest BCUT2D eigenvalue weighted by molar-refractivity contribution is 5.94. The van der Waals surface area contributed by atoms with Gasteiger partial charge < -0.3 is 26.0 Å². The highest BCUT2D eigenvalue weighted by Gasteiger charge is 2.40. The zero-order chi connectivity index (χ0) is 26.7. The third-order valence-electron chi connectivity index (χ3n) is 6.67. The summed E-state index contributed by atoms with van der Waals surface area (Å²) < 4.78 is 4.77. The minimum atomic E-state index is -1.04. The third kappa shape index (κ3) is 5.23. The van der Waals surface area contributed by atoms with Crippen molar-refractivity contribution in [1.29, 1.82) is 0 Å². The largest absolute Gasteiger partial charge is 0.465 e. The van der Waals surface area contributed by atoms with E-state index in [1.165, 1.54) is 23.8 Å². The number of likely N-dealkylation sites (tertiary alicyclic amines) is 1. The lowest BCUT2D eigenvalue weighted by Crippen LogP contribution is -2.49. The number of primary amides is 1. The molecule has 0 saturated carbocycles. The number of esters is 1. The van der Waals surface area contributed by atoms with Gasteiger partial charge in [0.05, 0.1) is 12.7 Å². The number of amides is 3. The predicted molar refractivity (Wildman–Crippen MR) is 137 cm³/mol. The Hall–Kier alpha value is -4.47. The molecule has 1 unspecified atom stereocenters. The van der Waals surface area contributed by atoms with Gasteiger partial charge in [-0.15, -0.1) is 0 Å². The van der Waals surface area contributed by atoms with Gasteiger partial charge in [0.25, 0.3) is 5.91 Å². The molecule has 0 radical (unpaired) electrons. The molecule has 1 aromatic heterocycles. The van der Waals surface area contributed by atoms with E-state index in [1.807, 2.05) is 24.3 Å². The number of hydrogen-bond donors (Lipinski definition) is 2. The molecular formula is C27H29N5O5. The van der Waals surface area contributed by atoms with Gasteiger partial charge in [0.2, 0.25) is 11.8 Å². The summed E-state index contributed by atoms with van der Waals surface area (Å²) >= 11 is 0. The SMILES string of the molecule is COC(=O)c1ccc(C(C(=O)N2CCC[C@H]2C(N)=O)N(Cc2ccc3c(N)nccc3c2)C(C)=O)cc1. The second-order valence-corrected chi connectivity index (χ2v) is 9.01. The first-order chi connectivity index (χ1) is 17.7. The van der Waals surface area contributed by atoms with Crippen molar-refractivity contribution in [2.45, 2.75) is 38.4 Å². The molecule has 0 aliphatic carbocycles. The normalized spacial score (nSPS) is 15.8. The van der Waals surface area contributed by atoms with E-state index in [9.17, 15) is 19.2 Å². The van der Waals surface area contributed by atoms with Crippen LogP contribution in [0.4, 0.5) is 5.82 Å². The number of rotatable bonds is 7. The van der Waals surface area contributed by atoms with E-state index in [4.69, 9.17) is 16.2 Å². The molecule has 10 heteroatoms. The molecule has 1 aliphatic rings. The number of methoxy groups -OCH3 is 1. The second kappa shape index (κ2) is 10.7. The number of nitrogens with two attached hydrogens (primary N) is 2. The van der Waals surface area contributed by atoms with Crippen molar-refractivity contribution >= 4 is 40.3 Å². The molecule has 10 nitrogen and oxygen atoms in total. The summed E-state index contributed by atoms with van der Waals surface area (Å²) in [5.41, 5.74) is 13.1. The molecule has 0 spiro atoms. The number of nitrogen functional groups attached to an aromatic ring is 1. The van der Waals surface area contributed by atoms with Gasteiger partial charge in [-0.25, -0.2) is 9.78 Å². The number of carbonyl (C=O) groups is 4. The number of anilines is 1. The molecule has 2 atom stereocenters. The lowest BCUT2D eigenvalue weighted by Gasteiger charge is -2.35. The summed E-state index contributed by atoms with van der Waals surface area (Å²) in [4.78, 5) is 57.9. The quantitative estimate of drug-likeness (QED) is 0.469. The number of aromatic nitrogens is 1. The topological polar surface area (TPSA) is 149 Å². The number of nitrogens with zero attached hydrogens (tertiary/aromatic N) is 3. The van der Waals surface area contributed by atoms with Crippen LogP contribution < -0.4 is 11.5 Å². The maximum Gasteiger partial charge on any atom is 0.337 e. The molecule has 2 aromatic carbocycles. The number of hydrogen-bond acceptors (Lipinski definition) is 7. The molecule has 1 aliphatic heterocycles. The summed E-state index contributed by atoms with van der Waals surface area (Å²) in [7, 11) is 1.28. The van der Waals surface area contributed by atoms with Crippen molar-refractivity contribution in [3.05, 3.63) is 71.4 Å². The fourth-order valence-electron chi connectivity index (χ4n) is 4.79. The fourth-order valence-corrected chi connectivity index (χ4v) is 4.79. The molecule has 37 heavy (non-hydrogen) atoms. The van der Waals surface area contributed by atoms with E-state index >= 15 is 0 Å². The van der Waals surface area contributed by atoms with Gasteiger partial charge in [0.15, 0.2) is 0 Å². The van der Waals surface area contributed by atoms with Crippen LogP contribution in [0.15, 0.2) is 54.7 Å². The fraction of sp³-hybridized carbons (Fsp3) is 0.296. The lowest BCUT2D eigenvalue weighted by atomic mass is 9.99. The van der Waals surface area contributed by atoms with Gasteiger partial charge in [-0.1, -0.05) is 24.3 Å². The molecule has 3 amide bonds. The lowest BCUT2D eigenvalue weighted by molar-refractivity contribution is -0.148. The standard InChI is InChI=1S/C27H29N5O5/c1-16(33)32(15-17-5-10-21-20(14-17)11-12-30-24(21)28)23(18-6-8-19(9-7-18)27(36)37-2)26(35)31-13-3-4-22(31)25(29)34/h5-12,14,22-23H,3-4,13,15H2,1-2H3,(H2,28,30)(H2,29,34)/t22-,23?/m0/s1. The predicted octanol–water partition coefficient (Wildman–Crippen LogP) is 2.17. The first kappa shape index (κ1) is 25.6. The van der Waals surface area contributed by atoms with E-state index < -0.39 is 29.9 Å². The first-order valence-electron chi connectivity index (χ1n) is 11.9. The first-order valence-corrected chi connectivity index (χ1v) is 11.9. The summed E-state index contributed by atoms with van der Waals surface area (Å²) in [6.45, 7) is 1.87. The minimum Gasteiger partial charge on any atom is -0.465 e. The highest BCUT2D eigenvalue weighted by atomic mass is 16.5. The molecule has 192 valence electrons. The number of fused-ring (bicyclic) bond motifs is 1. The van der Waals surface area contributed by atoms with Crippen LogP contribution >= 0.6 is 0 Å². The summed E-state index contributed by atoms with van der Waals surface area (Å²) in [5.74, 6) is -1.44. The zero-order valence-electron chi connectivity index (χ0n) is 20.7.